The van der Waals surface area contributed by atoms with E-state index < -0.39 is 0 Å². The van der Waals surface area contributed by atoms with Crippen molar-refractivity contribution in [2.45, 2.75) is 6.42 Å². The van der Waals surface area contributed by atoms with Gasteiger partial charge in [-0.3, -0.25) is 0 Å². The first-order chi connectivity index (χ1) is 7.33. The van der Waals surface area contributed by atoms with Crippen molar-refractivity contribution in [3.8, 4) is 11.8 Å². The molecule has 0 radical (unpaired) electrons. The molecule has 0 spiro atoms. The van der Waals surface area contributed by atoms with E-state index in [0.29, 0.717) is 17.4 Å². The average molecular weight is 236 g/mol. The smallest absolute Gasteiger partial charge is 0.219 e. The van der Waals surface area contributed by atoms with Crippen LogP contribution in [-0.4, -0.2) is 17.2 Å². The van der Waals surface area contributed by atoms with Gasteiger partial charge in [0.2, 0.25) is 4.38 Å². The van der Waals surface area contributed by atoms with Gasteiger partial charge in [-0.1, -0.05) is 41.8 Å². The van der Waals surface area contributed by atoms with E-state index in [1.807, 2.05) is 36.6 Å². The summed E-state index contributed by atoms with van der Waals surface area (Å²) in [6.07, 6.45) is 2.60. The molecular weight excluding hydrogens is 224 g/mol. The van der Waals surface area contributed by atoms with E-state index in [9.17, 15) is 0 Å². The summed E-state index contributed by atoms with van der Waals surface area (Å²) in [7, 11) is 0. The summed E-state index contributed by atoms with van der Waals surface area (Å²) in [5, 5.41) is 0. The molecule has 78 valence electrons. The quantitative estimate of drug-likeness (QED) is 0.443. The zero-order valence-corrected chi connectivity index (χ0v) is 10.2. The van der Waals surface area contributed by atoms with E-state index in [4.69, 9.17) is 17.0 Å². The lowest BCUT2D eigenvalue weighted by Gasteiger charge is -2.00. The van der Waals surface area contributed by atoms with Gasteiger partial charge in [0.15, 0.2) is 0 Å². The Kier molecular flexibility index (Phi) is 5.91. The molecule has 1 aromatic rings. The Bertz CT molecular complexity index is 362. The van der Waals surface area contributed by atoms with Crippen LogP contribution in [0.3, 0.4) is 0 Å². The summed E-state index contributed by atoms with van der Waals surface area (Å²) in [6, 6.07) is 9.90. The molecule has 0 unspecified atom stereocenters. The highest BCUT2D eigenvalue weighted by atomic mass is 32.2. The summed E-state index contributed by atoms with van der Waals surface area (Å²) in [5.41, 5.74) is 1.03. The molecule has 1 rings (SSSR count). The van der Waals surface area contributed by atoms with Crippen molar-refractivity contribution in [2.24, 2.45) is 0 Å². The Morgan fingerprint density at radius 1 is 1.40 bits per heavy atom. The Morgan fingerprint density at radius 2 is 2.13 bits per heavy atom. The van der Waals surface area contributed by atoms with Crippen LogP contribution >= 0.6 is 24.0 Å². The zero-order valence-electron chi connectivity index (χ0n) is 8.53. The van der Waals surface area contributed by atoms with Crippen molar-refractivity contribution >= 4 is 28.4 Å². The SMILES string of the molecule is CSC(=S)OCCC#Cc1ccccc1. The standard InChI is InChI=1S/C12H12OS2/c1-15-12(14)13-10-6-5-9-11-7-3-2-4-8-11/h2-4,7-8H,6,10H2,1H3. The first-order valence-electron chi connectivity index (χ1n) is 4.57. The van der Waals surface area contributed by atoms with Crippen LogP contribution in [-0.2, 0) is 4.74 Å². The average Bonchev–Trinajstić information content (AvgIpc) is 2.29. The third kappa shape index (κ3) is 5.46. The number of rotatable bonds is 2. The number of thiocarbonyl (C=S) groups is 1. The first-order valence-corrected chi connectivity index (χ1v) is 6.21. The predicted molar refractivity (Wildman–Crippen MR) is 70.0 cm³/mol. The molecule has 1 nitrogen and oxygen atoms in total. The van der Waals surface area contributed by atoms with E-state index in [0.717, 1.165) is 5.56 Å². The van der Waals surface area contributed by atoms with Crippen LogP contribution in [0, 0.1) is 11.8 Å². The van der Waals surface area contributed by atoms with Gasteiger partial charge in [-0.25, -0.2) is 0 Å². The van der Waals surface area contributed by atoms with Crippen molar-refractivity contribution in [3.63, 3.8) is 0 Å². The van der Waals surface area contributed by atoms with Gasteiger partial charge in [0, 0.05) is 12.0 Å². The molecule has 0 aliphatic heterocycles. The minimum Gasteiger partial charge on any atom is -0.478 e. The second kappa shape index (κ2) is 7.33. The van der Waals surface area contributed by atoms with Crippen molar-refractivity contribution in [1.29, 1.82) is 0 Å². The largest absolute Gasteiger partial charge is 0.478 e. The monoisotopic (exact) mass is 236 g/mol. The van der Waals surface area contributed by atoms with Crippen molar-refractivity contribution in [3.05, 3.63) is 35.9 Å². The minimum atomic E-state index is 0.569. The van der Waals surface area contributed by atoms with Gasteiger partial charge in [-0.05, 0) is 30.6 Å². The molecule has 15 heavy (non-hydrogen) atoms. The third-order valence-electron chi connectivity index (χ3n) is 1.62. The van der Waals surface area contributed by atoms with E-state index in [2.05, 4.69) is 11.8 Å². The number of ether oxygens (including phenoxy) is 1. The highest BCUT2D eigenvalue weighted by Crippen LogP contribution is 2.00. The van der Waals surface area contributed by atoms with Gasteiger partial charge < -0.3 is 4.74 Å². The van der Waals surface area contributed by atoms with Crippen LogP contribution < -0.4 is 0 Å². The molecule has 0 bridgehead atoms. The predicted octanol–water partition coefficient (Wildman–Crippen LogP) is 3.09. The van der Waals surface area contributed by atoms with Crippen LogP contribution in [0.4, 0.5) is 0 Å². The molecule has 0 amide bonds. The Morgan fingerprint density at radius 3 is 2.80 bits per heavy atom. The maximum absolute atomic E-state index is 5.22. The number of benzene rings is 1. The van der Waals surface area contributed by atoms with E-state index in [1.54, 1.807) is 0 Å². The molecule has 0 aliphatic rings. The van der Waals surface area contributed by atoms with Crippen LogP contribution in [0.15, 0.2) is 30.3 Å². The van der Waals surface area contributed by atoms with Gasteiger partial charge in [-0.2, -0.15) is 0 Å². The third-order valence-corrected chi connectivity index (χ3v) is 2.69. The fourth-order valence-electron chi connectivity index (χ4n) is 0.930. The van der Waals surface area contributed by atoms with Gasteiger partial charge >= 0.3 is 0 Å². The Labute approximate surface area is 100 Å². The molecular formula is C12H12OS2. The molecule has 0 saturated carbocycles. The fourth-order valence-corrected chi connectivity index (χ4v) is 1.21. The number of thioether (sulfide) groups is 1. The van der Waals surface area contributed by atoms with Crippen LogP contribution in [0.25, 0.3) is 0 Å². The summed E-state index contributed by atoms with van der Waals surface area (Å²) < 4.78 is 5.80. The van der Waals surface area contributed by atoms with Crippen LogP contribution in [0.2, 0.25) is 0 Å². The molecule has 0 heterocycles. The van der Waals surface area contributed by atoms with Crippen molar-refractivity contribution in [1.82, 2.24) is 0 Å². The second-order valence-electron chi connectivity index (χ2n) is 2.72. The normalized spacial score (nSPS) is 8.87. The fraction of sp³-hybridized carbons (Fsp3) is 0.250. The molecule has 0 N–H and O–H groups in total. The van der Waals surface area contributed by atoms with E-state index in [1.165, 1.54) is 11.8 Å². The van der Waals surface area contributed by atoms with E-state index >= 15 is 0 Å². The summed E-state index contributed by atoms with van der Waals surface area (Å²) >= 11 is 6.33. The van der Waals surface area contributed by atoms with E-state index in [-0.39, 0.29) is 0 Å². The molecule has 1 aromatic carbocycles. The maximum Gasteiger partial charge on any atom is 0.219 e. The first kappa shape index (κ1) is 12.1. The highest BCUT2D eigenvalue weighted by molar-refractivity contribution is 8.22. The van der Waals surface area contributed by atoms with Gasteiger partial charge in [-0.15, -0.1) is 0 Å². The molecule has 0 aliphatic carbocycles. The van der Waals surface area contributed by atoms with Crippen molar-refractivity contribution in [2.75, 3.05) is 12.9 Å². The zero-order chi connectivity index (χ0) is 10.9. The second-order valence-corrected chi connectivity index (χ2v) is 4.13. The van der Waals surface area contributed by atoms with Gasteiger partial charge in [0.05, 0.1) is 0 Å². The molecule has 0 atom stereocenters. The summed E-state index contributed by atoms with van der Waals surface area (Å²) in [6.45, 7) is 0.569. The summed E-state index contributed by atoms with van der Waals surface area (Å²) in [4.78, 5) is 0. The summed E-state index contributed by atoms with van der Waals surface area (Å²) in [5.74, 6) is 6.09. The number of hydrogen-bond donors (Lipinski definition) is 0. The van der Waals surface area contributed by atoms with Crippen LogP contribution in [0.5, 0.6) is 0 Å². The minimum absolute atomic E-state index is 0.569. The Balaban J connectivity index is 2.26. The molecule has 3 heteroatoms. The lowest BCUT2D eigenvalue weighted by Crippen LogP contribution is -1.97. The maximum atomic E-state index is 5.22. The highest BCUT2D eigenvalue weighted by Gasteiger charge is 1.91. The van der Waals surface area contributed by atoms with Crippen molar-refractivity contribution < 1.29 is 4.74 Å². The molecule has 0 saturated heterocycles. The lowest BCUT2D eigenvalue weighted by molar-refractivity contribution is 0.332. The van der Waals surface area contributed by atoms with Crippen LogP contribution in [0.1, 0.15) is 12.0 Å². The van der Waals surface area contributed by atoms with Gasteiger partial charge in [0.25, 0.3) is 0 Å². The molecule has 0 aromatic heterocycles. The topological polar surface area (TPSA) is 9.23 Å². The Hall–Kier alpha value is -0.980. The number of hydrogen-bond acceptors (Lipinski definition) is 3. The molecule has 0 fully saturated rings. The lowest BCUT2D eigenvalue weighted by atomic mass is 10.2. The van der Waals surface area contributed by atoms with Gasteiger partial charge in [0.1, 0.15) is 6.61 Å².